The van der Waals surface area contributed by atoms with E-state index in [4.69, 9.17) is 15.4 Å². The molecule has 1 aromatic rings. The van der Waals surface area contributed by atoms with Crippen molar-refractivity contribution in [1.82, 2.24) is 0 Å². The molecule has 3 nitrogen and oxygen atoms in total. The third-order valence-electron chi connectivity index (χ3n) is 3.61. The van der Waals surface area contributed by atoms with E-state index in [0.717, 1.165) is 11.3 Å². The molecule has 1 rings (SSSR count). The largest absolute Gasteiger partial charge is 0.493 e. The Morgan fingerprint density at radius 2 is 1.79 bits per heavy atom. The molecule has 0 bridgehead atoms. The lowest BCUT2D eigenvalue weighted by Gasteiger charge is -2.30. The van der Waals surface area contributed by atoms with Gasteiger partial charge in [0.15, 0.2) is 0 Å². The maximum atomic E-state index is 11.4. The SMILES string of the molecule is CCC(CC)(COc1ccccc1C)CS(=O)(=O)Cl. The fourth-order valence-corrected chi connectivity index (χ4v) is 3.93. The van der Waals surface area contributed by atoms with E-state index in [1.54, 1.807) is 0 Å². The number of ether oxygens (including phenoxy) is 1. The van der Waals surface area contributed by atoms with Gasteiger partial charge < -0.3 is 4.74 Å². The fraction of sp³-hybridized carbons (Fsp3) is 0.571. The topological polar surface area (TPSA) is 43.4 Å². The molecule has 0 spiro atoms. The van der Waals surface area contributed by atoms with E-state index in [0.29, 0.717) is 19.4 Å². The number of hydrogen-bond acceptors (Lipinski definition) is 3. The predicted octanol–water partition coefficient (Wildman–Crippen LogP) is 3.75. The normalized spacial score (nSPS) is 12.4. The molecule has 1 aromatic carbocycles. The second-order valence-electron chi connectivity index (χ2n) is 4.94. The summed E-state index contributed by atoms with van der Waals surface area (Å²) in [7, 11) is 1.88. The van der Waals surface area contributed by atoms with Gasteiger partial charge in [0.2, 0.25) is 9.05 Å². The summed E-state index contributed by atoms with van der Waals surface area (Å²) >= 11 is 0. The zero-order valence-corrected chi connectivity index (χ0v) is 13.2. The Labute approximate surface area is 120 Å². The van der Waals surface area contributed by atoms with E-state index < -0.39 is 14.5 Å². The van der Waals surface area contributed by atoms with Crippen LogP contribution in [0.4, 0.5) is 0 Å². The standard InChI is InChI=1S/C14H21ClO3S/c1-4-14(5-2,11-19(15,16)17)10-18-13-9-7-6-8-12(13)3/h6-9H,4-5,10-11H2,1-3H3. The third kappa shape index (κ3) is 5.03. The minimum Gasteiger partial charge on any atom is -0.493 e. The number of rotatable bonds is 7. The lowest BCUT2D eigenvalue weighted by molar-refractivity contribution is 0.154. The molecule has 0 aliphatic rings. The maximum absolute atomic E-state index is 11.4. The number of hydrogen-bond donors (Lipinski definition) is 0. The predicted molar refractivity (Wildman–Crippen MR) is 79.3 cm³/mol. The highest BCUT2D eigenvalue weighted by Crippen LogP contribution is 2.31. The Morgan fingerprint density at radius 3 is 2.26 bits per heavy atom. The smallest absolute Gasteiger partial charge is 0.233 e. The van der Waals surface area contributed by atoms with Gasteiger partial charge in [-0.15, -0.1) is 0 Å². The average molecular weight is 305 g/mol. The maximum Gasteiger partial charge on any atom is 0.233 e. The highest BCUT2D eigenvalue weighted by molar-refractivity contribution is 8.13. The van der Waals surface area contributed by atoms with Crippen LogP contribution in [0.15, 0.2) is 24.3 Å². The molecule has 0 radical (unpaired) electrons. The number of benzene rings is 1. The van der Waals surface area contributed by atoms with Gasteiger partial charge in [0.1, 0.15) is 5.75 Å². The summed E-state index contributed by atoms with van der Waals surface area (Å²) in [6, 6.07) is 7.70. The van der Waals surface area contributed by atoms with Crippen molar-refractivity contribution in [3.8, 4) is 5.75 Å². The minimum absolute atomic E-state index is 0.0551. The van der Waals surface area contributed by atoms with Gasteiger partial charge in [-0.3, -0.25) is 0 Å². The van der Waals surface area contributed by atoms with Crippen molar-refractivity contribution in [1.29, 1.82) is 0 Å². The molecule has 0 aliphatic heterocycles. The van der Waals surface area contributed by atoms with E-state index in [1.165, 1.54) is 0 Å². The molecule has 0 aliphatic carbocycles. The zero-order chi connectivity index (χ0) is 14.5. The molecule has 0 unspecified atom stereocenters. The Kier molecular flexibility index (Phi) is 5.68. The van der Waals surface area contributed by atoms with Gasteiger partial charge in [0.05, 0.1) is 12.4 Å². The highest BCUT2D eigenvalue weighted by atomic mass is 35.7. The first kappa shape index (κ1) is 16.3. The highest BCUT2D eigenvalue weighted by Gasteiger charge is 2.32. The van der Waals surface area contributed by atoms with E-state index in [1.807, 2.05) is 45.0 Å². The van der Waals surface area contributed by atoms with Crippen LogP contribution in [0, 0.1) is 12.3 Å². The molecular formula is C14H21ClO3S. The van der Waals surface area contributed by atoms with Crippen molar-refractivity contribution < 1.29 is 13.2 Å². The molecule has 0 aromatic heterocycles. The molecule has 0 saturated carbocycles. The Hall–Kier alpha value is -0.740. The van der Waals surface area contributed by atoms with E-state index in [9.17, 15) is 8.42 Å². The van der Waals surface area contributed by atoms with E-state index >= 15 is 0 Å². The van der Waals surface area contributed by atoms with E-state index in [2.05, 4.69) is 0 Å². The first-order valence-corrected chi connectivity index (χ1v) is 8.90. The van der Waals surface area contributed by atoms with Crippen LogP contribution in [0.25, 0.3) is 0 Å². The summed E-state index contributed by atoms with van der Waals surface area (Å²) in [5.74, 6) is 0.737. The molecule has 0 heterocycles. The quantitative estimate of drug-likeness (QED) is 0.721. The Bertz CT molecular complexity index is 507. The molecule has 19 heavy (non-hydrogen) atoms. The number of halogens is 1. The monoisotopic (exact) mass is 304 g/mol. The molecule has 0 amide bonds. The second kappa shape index (κ2) is 6.62. The van der Waals surface area contributed by atoms with Crippen molar-refractivity contribution in [2.24, 2.45) is 5.41 Å². The first-order chi connectivity index (χ1) is 8.82. The van der Waals surface area contributed by atoms with Crippen molar-refractivity contribution in [2.75, 3.05) is 12.4 Å². The molecule has 0 atom stereocenters. The van der Waals surface area contributed by atoms with Crippen LogP contribution < -0.4 is 4.74 Å². The van der Waals surface area contributed by atoms with Crippen LogP contribution in [-0.4, -0.2) is 20.8 Å². The first-order valence-electron chi connectivity index (χ1n) is 6.42. The van der Waals surface area contributed by atoms with Crippen LogP contribution >= 0.6 is 10.7 Å². The number of para-hydroxylation sites is 1. The summed E-state index contributed by atoms with van der Waals surface area (Å²) in [5.41, 5.74) is 0.611. The van der Waals surface area contributed by atoms with Crippen LogP contribution in [0.5, 0.6) is 5.75 Å². The summed E-state index contributed by atoms with van der Waals surface area (Å²) in [6.45, 7) is 6.25. The number of aryl methyl sites for hydroxylation is 1. The molecule has 0 saturated heterocycles. The van der Waals surface area contributed by atoms with Crippen molar-refractivity contribution in [3.05, 3.63) is 29.8 Å². The molecule has 5 heteroatoms. The van der Waals surface area contributed by atoms with Gasteiger partial charge in [-0.05, 0) is 31.4 Å². The summed E-state index contributed by atoms with van der Waals surface area (Å²) in [6.07, 6.45) is 1.42. The van der Waals surface area contributed by atoms with Crippen molar-refractivity contribution in [3.63, 3.8) is 0 Å². The second-order valence-corrected chi connectivity index (χ2v) is 7.72. The van der Waals surface area contributed by atoms with Gasteiger partial charge in [0.25, 0.3) is 0 Å². The zero-order valence-electron chi connectivity index (χ0n) is 11.6. The Morgan fingerprint density at radius 1 is 1.21 bits per heavy atom. The minimum atomic E-state index is -3.53. The molecule has 0 fully saturated rings. The van der Waals surface area contributed by atoms with Crippen LogP contribution in [0.2, 0.25) is 0 Å². The van der Waals surface area contributed by atoms with Gasteiger partial charge >= 0.3 is 0 Å². The van der Waals surface area contributed by atoms with Gasteiger partial charge in [-0.1, -0.05) is 32.0 Å². The Balaban J connectivity index is 2.83. The molecule has 108 valence electrons. The van der Waals surface area contributed by atoms with Crippen molar-refractivity contribution >= 4 is 19.7 Å². The molecular weight excluding hydrogens is 284 g/mol. The van der Waals surface area contributed by atoms with Crippen LogP contribution in [-0.2, 0) is 9.05 Å². The van der Waals surface area contributed by atoms with Gasteiger partial charge in [-0.2, -0.15) is 0 Å². The van der Waals surface area contributed by atoms with Crippen LogP contribution in [0.1, 0.15) is 32.3 Å². The van der Waals surface area contributed by atoms with E-state index in [-0.39, 0.29) is 5.75 Å². The third-order valence-corrected chi connectivity index (χ3v) is 4.89. The molecule has 0 N–H and O–H groups in total. The average Bonchev–Trinajstić information content (AvgIpc) is 2.35. The lowest BCUT2D eigenvalue weighted by Crippen LogP contribution is -2.33. The van der Waals surface area contributed by atoms with Gasteiger partial charge in [0, 0.05) is 16.1 Å². The van der Waals surface area contributed by atoms with Gasteiger partial charge in [-0.25, -0.2) is 8.42 Å². The summed E-state index contributed by atoms with van der Waals surface area (Å²) in [4.78, 5) is 0. The summed E-state index contributed by atoms with van der Waals surface area (Å²) in [5, 5.41) is 0. The van der Waals surface area contributed by atoms with Crippen molar-refractivity contribution in [2.45, 2.75) is 33.6 Å². The summed E-state index contributed by atoms with van der Waals surface area (Å²) < 4.78 is 28.5. The fourth-order valence-electron chi connectivity index (χ4n) is 2.01. The van der Waals surface area contributed by atoms with Crippen LogP contribution in [0.3, 0.4) is 0 Å². The lowest BCUT2D eigenvalue weighted by atomic mass is 9.85.